The van der Waals surface area contributed by atoms with E-state index < -0.39 is 6.10 Å². The SMILES string of the molecule is CCNC(=NCC(O)c1ccccc1Cl)NC(C)CC. The average molecular weight is 298 g/mol. The second-order valence-corrected chi connectivity index (χ2v) is 5.12. The van der Waals surface area contributed by atoms with Gasteiger partial charge in [0.05, 0.1) is 6.54 Å². The van der Waals surface area contributed by atoms with E-state index in [1.807, 2.05) is 25.1 Å². The number of benzene rings is 1. The smallest absolute Gasteiger partial charge is 0.191 e. The van der Waals surface area contributed by atoms with Crippen LogP contribution in [0, 0.1) is 0 Å². The Bertz CT molecular complexity index is 437. The average Bonchev–Trinajstić information content (AvgIpc) is 2.45. The van der Waals surface area contributed by atoms with Crippen molar-refractivity contribution in [2.45, 2.75) is 39.3 Å². The Morgan fingerprint density at radius 2 is 2.05 bits per heavy atom. The maximum absolute atomic E-state index is 10.2. The molecule has 5 heteroatoms. The van der Waals surface area contributed by atoms with E-state index in [-0.39, 0.29) is 6.54 Å². The first-order chi connectivity index (χ1) is 9.58. The number of nitrogens with zero attached hydrogens (tertiary/aromatic N) is 1. The first-order valence-corrected chi connectivity index (χ1v) is 7.43. The van der Waals surface area contributed by atoms with Crippen molar-refractivity contribution in [3.8, 4) is 0 Å². The van der Waals surface area contributed by atoms with Crippen molar-refractivity contribution in [2.24, 2.45) is 4.99 Å². The maximum atomic E-state index is 10.2. The molecular weight excluding hydrogens is 274 g/mol. The molecule has 1 aromatic carbocycles. The van der Waals surface area contributed by atoms with Crippen molar-refractivity contribution < 1.29 is 5.11 Å². The van der Waals surface area contributed by atoms with Crippen molar-refractivity contribution >= 4 is 17.6 Å². The molecule has 2 unspecified atom stereocenters. The molecule has 0 aromatic heterocycles. The minimum Gasteiger partial charge on any atom is -0.386 e. The van der Waals surface area contributed by atoms with Gasteiger partial charge in [-0.05, 0) is 26.3 Å². The van der Waals surface area contributed by atoms with Crippen LogP contribution in [0.1, 0.15) is 38.9 Å². The molecular formula is C15H24ClN3O. The zero-order valence-corrected chi connectivity index (χ0v) is 13.1. The van der Waals surface area contributed by atoms with E-state index in [1.165, 1.54) is 0 Å². The Labute approximate surface area is 126 Å². The minimum absolute atomic E-state index is 0.273. The molecule has 4 nitrogen and oxygen atoms in total. The van der Waals surface area contributed by atoms with Gasteiger partial charge in [-0.25, -0.2) is 0 Å². The molecule has 20 heavy (non-hydrogen) atoms. The van der Waals surface area contributed by atoms with Crippen LogP contribution in [0.5, 0.6) is 0 Å². The number of rotatable bonds is 6. The van der Waals surface area contributed by atoms with E-state index in [9.17, 15) is 5.11 Å². The molecule has 0 fully saturated rings. The first kappa shape index (κ1) is 16.8. The van der Waals surface area contributed by atoms with Gasteiger partial charge < -0.3 is 15.7 Å². The standard InChI is InChI=1S/C15H24ClN3O/c1-4-11(3)19-15(17-5-2)18-10-14(20)12-8-6-7-9-13(12)16/h6-9,11,14,20H,4-5,10H2,1-3H3,(H2,17,18,19). The lowest BCUT2D eigenvalue weighted by Gasteiger charge is -2.17. The normalized spacial score (nSPS) is 14.8. The molecule has 2 atom stereocenters. The molecule has 0 saturated heterocycles. The third-order valence-corrected chi connectivity index (χ3v) is 3.37. The summed E-state index contributed by atoms with van der Waals surface area (Å²) in [6, 6.07) is 7.63. The lowest BCUT2D eigenvalue weighted by Crippen LogP contribution is -2.42. The van der Waals surface area contributed by atoms with Crippen molar-refractivity contribution in [3.05, 3.63) is 34.9 Å². The van der Waals surface area contributed by atoms with E-state index in [0.29, 0.717) is 22.6 Å². The summed E-state index contributed by atoms with van der Waals surface area (Å²) in [7, 11) is 0. The topological polar surface area (TPSA) is 56.7 Å². The van der Waals surface area contributed by atoms with Gasteiger partial charge in [0.2, 0.25) is 0 Å². The molecule has 0 radical (unpaired) electrons. The third kappa shape index (κ3) is 5.39. The number of hydrogen-bond donors (Lipinski definition) is 3. The Morgan fingerprint density at radius 3 is 2.65 bits per heavy atom. The van der Waals surface area contributed by atoms with Crippen LogP contribution in [0.15, 0.2) is 29.3 Å². The number of nitrogens with one attached hydrogen (secondary N) is 2. The van der Waals surface area contributed by atoms with Crippen molar-refractivity contribution in [1.82, 2.24) is 10.6 Å². The molecule has 0 aliphatic heterocycles. The third-order valence-electron chi connectivity index (χ3n) is 3.03. The van der Waals surface area contributed by atoms with E-state index in [4.69, 9.17) is 11.6 Å². The van der Waals surface area contributed by atoms with Crippen LogP contribution < -0.4 is 10.6 Å². The predicted octanol–water partition coefficient (Wildman–Crippen LogP) is 2.73. The van der Waals surface area contributed by atoms with Crippen LogP contribution >= 0.6 is 11.6 Å². The highest BCUT2D eigenvalue weighted by atomic mass is 35.5. The van der Waals surface area contributed by atoms with Gasteiger partial charge in [-0.2, -0.15) is 0 Å². The van der Waals surface area contributed by atoms with E-state index in [2.05, 4.69) is 29.5 Å². The Hall–Kier alpha value is -1.26. The van der Waals surface area contributed by atoms with E-state index in [0.717, 1.165) is 13.0 Å². The lowest BCUT2D eigenvalue weighted by atomic mass is 10.1. The monoisotopic (exact) mass is 297 g/mol. The molecule has 1 aromatic rings. The number of aliphatic imine (C=N–C) groups is 1. The summed E-state index contributed by atoms with van der Waals surface area (Å²) >= 11 is 6.06. The Balaban J connectivity index is 2.69. The lowest BCUT2D eigenvalue weighted by molar-refractivity contribution is 0.187. The highest BCUT2D eigenvalue weighted by Crippen LogP contribution is 2.22. The van der Waals surface area contributed by atoms with Crippen LogP contribution in [0.25, 0.3) is 0 Å². The fourth-order valence-electron chi connectivity index (χ4n) is 1.68. The molecule has 1 rings (SSSR count). The van der Waals surface area contributed by atoms with Crippen molar-refractivity contribution in [1.29, 1.82) is 0 Å². The van der Waals surface area contributed by atoms with Crippen LogP contribution in [0.3, 0.4) is 0 Å². The molecule has 0 spiro atoms. The first-order valence-electron chi connectivity index (χ1n) is 7.05. The number of aliphatic hydroxyl groups is 1. The number of guanidine groups is 1. The molecule has 3 N–H and O–H groups in total. The van der Waals surface area contributed by atoms with Gasteiger partial charge in [0.25, 0.3) is 0 Å². The molecule has 112 valence electrons. The van der Waals surface area contributed by atoms with Gasteiger partial charge in [0, 0.05) is 23.2 Å². The molecule has 0 aliphatic rings. The summed E-state index contributed by atoms with van der Waals surface area (Å²) in [5, 5.41) is 17.2. The summed E-state index contributed by atoms with van der Waals surface area (Å²) in [6.07, 6.45) is 0.313. The maximum Gasteiger partial charge on any atom is 0.191 e. The summed E-state index contributed by atoms with van der Waals surface area (Å²) in [4.78, 5) is 4.40. The largest absolute Gasteiger partial charge is 0.386 e. The minimum atomic E-state index is -0.698. The zero-order chi connectivity index (χ0) is 15.0. The summed E-state index contributed by atoms with van der Waals surface area (Å²) in [5.41, 5.74) is 0.706. The second-order valence-electron chi connectivity index (χ2n) is 4.71. The van der Waals surface area contributed by atoms with Crippen molar-refractivity contribution in [3.63, 3.8) is 0 Å². The fraction of sp³-hybridized carbons (Fsp3) is 0.533. The van der Waals surface area contributed by atoms with Crippen molar-refractivity contribution in [2.75, 3.05) is 13.1 Å². The van der Waals surface area contributed by atoms with Gasteiger partial charge in [-0.1, -0.05) is 36.7 Å². The van der Waals surface area contributed by atoms with Gasteiger partial charge in [-0.15, -0.1) is 0 Å². The summed E-state index contributed by atoms with van der Waals surface area (Å²) in [6.45, 7) is 7.27. The van der Waals surface area contributed by atoms with Gasteiger partial charge in [0.15, 0.2) is 5.96 Å². The molecule has 0 aliphatic carbocycles. The molecule has 0 amide bonds. The zero-order valence-electron chi connectivity index (χ0n) is 12.4. The van der Waals surface area contributed by atoms with Crippen LogP contribution in [-0.4, -0.2) is 30.2 Å². The highest BCUT2D eigenvalue weighted by molar-refractivity contribution is 6.31. The number of hydrogen-bond acceptors (Lipinski definition) is 2. The number of halogens is 1. The van der Waals surface area contributed by atoms with E-state index in [1.54, 1.807) is 6.07 Å². The van der Waals surface area contributed by atoms with Crippen LogP contribution in [-0.2, 0) is 0 Å². The fourth-order valence-corrected chi connectivity index (χ4v) is 1.94. The summed E-state index contributed by atoms with van der Waals surface area (Å²) < 4.78 is 0. The Kier molecular flexibility index (Phi) is 7.41. The van der Waals surface area contributed by atoms with Crippen LogP contribution in [0.4, 0.5) is 0 Å². The quantitative estimate of drug-likeness (QED) is 0.559. The van der Waals surface area contributed by atoms with Gasteiger partial charge >= 0.3 is 0 Å². The van der Waals surface area contributed by atoms with Gasteiger partial charge in [0.1, 0.15) is 6.10 Å². The van der Waals surface area contributed by atoms with Gasteiger partial charge in [-0.3, -0.25) is 4.99 Å². The Morgan fingerprint density at radius 1 is 1.35 bits per heavy atom. The predicted molar refractivity (Wildman–Crippen MR) is 85.3 cm³/mol. The molecule has 0 heterocycles. The van der Waals surface area contributed by atoms with E-state index >= 15 is 0 Å². The van der Waals surface area contributed by atoms with Crippen LogP contribution in [0.2, 0.25) is 5.02 Å². The highest BCUT2D eigenvalue weighted by Gasteiger charge is 2.11. The number of aliphatic hydroxyl groups excluding tert-OH is 1. The second kappa shape index (κ2) is 8.82. The molecule has 0 bridgehead atoms. The molecule has 0 saturated carbocycles. The summed E-state index contributed by atoms with van der Waals surface area (Å²) in [5.74, 6) is 0.716.